The zero-order valence-corrected chi connectivity index (χ0v) is 8.31. The second-order valence-electron chi connectivity index (χ2n) is 3.98. The Labute approximate surface area is 69.9 Å². The molecule has 0 aromatic rings. The molecule has 11 heavy (non-hydrogen) atoms. The zero-order chi connectivity index (χ0) is 8.91. The van der Waals surface area contributed by atoms with E-state index < -0.39 is 0 Å². The molecule has 0 bridgehead atoms. The summed E-state index contributed by atoms with van der Waals surface area (Å²) in [6, 6.07) is 0. The van der Waals surface area contributed by atoms with Gasteiger partial charge < -0.3 is 9.47 Å². The van der Waals surface area contributed by atoms with Crippen LogP contribution in [0.5, 0.6) is 0 Å². The van der Waals surface area contributed by atoms with Crippen LogP contribution >= 0.6 is 0 Å². The van der Waals surface area contributed by atoms with Crippen molar-refractivity contribution < 1.29 is 9.47 Å². The van der Waals surface area contributed by atoms with Crippen molar-refractivity contribution in [2.75, 3.05) is 20.3 Å². The molecule has 1 atom stereocenters. The van der Waals surface area contributed by atoms with E-state index in [4.69, 9.17) is 9.47 Å². The van der Waals surface area contributed by atoms with E-state index in [1.165, 1.54) is 0 Å². The van der Waals surface area contributed by atoms with E-state index in [-0.39, 0.29) is 5.60 Å². The van der Waals surface area contributed by atoms with Crippen LogP contribution in [0.3, 0.4) is 0 Å². The number of rotatable bonds is 4. The van der Waals surface area contributed by atoms with Crippen molar-refractivity contribution in [2.24, 2.45) is 5.92 Å². The first-order valence-corrected chi connectivity index (χ1v) is 4.08. The Kier molecular flexibility index (Phi) is 4.69. The molecule has 0 rings (SSSR count). The van der Waals surface area contributed by atoms with Gasteiger partial charge in [-0.25, -0.2) is 0 Å². The van der Waals surface area contributed by atoms with Crippen molar-refractivity contribution in [3.63, 3.8) is 0 Å². The van der Waals surface area contributed by atoms with Gasteiger partial charge in [0.1, 0.15) is 0 Å². The molecule has 0 N–H and O–H groups in total. The third-order valence-corrected chi connectivity index (χ3v) is 1.25. The summed E-state index contributed by atoms with van der Waals surface area (Å²) in [5.41, 5.74) is -0.0258. The lowest BCUT2D eigenvalue weighted by atomic mass is 10.1. The van der Waals surface area contributed by atoms with Gasteiger partial charge in [-0.2, -0.15) is 0 Å². The number of ether oxygens (including phenoxy) is 2. The molecule has 0 aliphatic carbocycles. The normalized spacial score (nSPS) is 15.0. The highest BCUT2D eigenvalue weighted by Gasteiger charge is 2.11. The fraction of sp³-hybridized carbons (Fsp3) is 1.00. The minimum Gasteiger partial charge on any atom is -0.384 e. The van der Waals surface area contributed by atoms with E-state index in [1.54, 1.807) is 7.11 Å². The molecule has 0 heterocycles. The maximum atomic E-state index is 5.56. The second-order valence-corrected chi connectivity index (χ2v) is 3.98. The topological polar surface area (TPSA) is 18.5 Å². The van der Waals surface area contributed by atoms with Crippen LogP contribution in [-0.4, -0.2) is 25.9 Å². The molecule has 0 aromatic heterocycles. The molecule has 0 aromatic carbocycles. The van der Waals surface area contributed by atoms with Gasteiger partial charge in [0.05, 0.1) is 18.8 Å². The summed E-state index contributed by atoms with van der Waals surface area (Å²) in [5, 5.41) is 0. The first-order valence-electron chi connectivity index (χ1n) is 4.08. The lowest BCUT2D eigenvalue weighted by Crippen LogP contribution is -2.24. The summed E-state index contributed by atoms with van der Waals surface area (Å²) in [7, 11) is 1.72. The average molecular weight is 160 g/mol. The average Bonchev–Trinajstić information content (AvgIpc) is 1.83. The summed E-state index contributed by atoms with van der Waals surface area (Å²) >= 11 is 0. The molecule has 0 unspecified atom stereocenters. The Balaban J connectivity index is 3.38. The van der Waals surface area contributed by atoms with Crippen molar-refractivity contribution in [2.45, 2.75) is 33.3 Å². The molecule has 68 valence electrons. The third kappa shape index (κ3) is 7.82. The van der Waals surface area contributed by atoms with Gasteiger partial charge in [-0.3, -0.25) is 0 Å². The molecule has 0 saturated heterocycles. The van der Waals surface area contributed by atoms with Crippen molar-refractivity contribution >= 4 is 0 Å². The summed E-state index contributed by atoms with van der Waals surface area (Å²) in [4.78, 5) is 0. The summed E-state index contributed by atoms with van der Waals surface area (Å²) in [6.07, 6.45) is 0. The first-order chi connectivity index (χ1) is 4.95. The van der Waals surface area contributed by atoms with Gasteiger partial charge in [-0.05, 0) is 20.8 Å². The Bertz CT molecular complexity index is 94.2. The molecule has 0 aliphatic heterocycles. The highest BCUT2D eigenvalue weighted by Crippen LogP contribution is 2.09. The Morgan fingerprint density at radius 3 is 2.09 bits per heavy atom. The standard InChI is InChI=1S/C9H20O2/c1-8(6-10-5)7-11-9(2,3)4/h8H,6-7H2,1-5H3/t8-/m1/s1. The van der Waals surface area contributed by atoms with Crippen LogP contribution in [0.4, 0.5) is 0 Å². The van der Waals surface area contributed by atoms with E-state index in [0.29, 0.717) is 5.92 Å². The Morgan fingerprint density at radius 2 is 1.73 bits per heavy atom. The van der Waals surface area contributed by atoms with Crippen LogP contribution in [0.25, 0.3) is 0 Å². The molecule has 2 heteroatoms. The third-order valence-electron chi connectivity index (χ3n) is 1.25. The lowest BCUT2D eigenvalue weighted by molar-refractivity contribution is -0.0310. The molecule has 0 radical (unpaired) electrons. The van der Waals surface area contributed by atoms with Gasteiger partial charge in [0.25, 0.3) is 0 Å². The highest BCUT2D eigenvalue weighted by molar-refractivity contribution is 4.60. The highest BCUT2D eigenvalue weighted by atomic mass is 16.5. The van der Waals surface area contributed by atoms with E-state index in [0.717, 1.165) is 13.2 Å². The molecule has 0 saturated carbocycles. The lowest BCUT2D eigenvalue weighted by Gasteiger charge is -2.22. The van der Waals surface area contributed by atoms with Crippen LogP contribution in [-0.2, 0) is 9.47 Å². The Morgan fingerprint density at radius 1 is 1.18 bits per heavy atom. The van der Waals surface area contributed by atoms with Crippen molar-refractivity contribution in [3.8, 4) is 0 Å². The van der Waals surface area contributed by atoms with Gasteiger partial charge in [0, 0.05) is 13.0 Å². The van der Waals surface area contributed by atoms with E-state index in [2.05, 4.69) is 27.7 Å². The van der Waals surface area contributed by atoms with Crippen molar-refractivity contribution in [1.82, 2.24) is 0 Å². The Hall–Kier alpha value is -0.0800. The fourth-order valence-electron chi connectivity index (χ4n) is 0.725. The molecule has 0 amide bonds. The summed E-state index contributed by atoms with van der Waals surface area (Å²) in [6.45, 7) is 9.86. The molecule has 0 fully saturated rings. The molecular weight excluding hydrogens is 140 g/mol. The van der Waals surface area contributed by atoms with Crippen LogP contribution in [0.1, 0.15) is 27.7 Å². The monoisotopic (exact) mass is 160 g/mol. The quantitative estimate of drug-likeness (QED) is 0.627. The van der Waals surface area contributed by atoms with Crippen molar-refractivity contribution in [1.29, 1.82) is 0 Å². The van der Waals surface area contributed by atoms with E-state index in [1.807, 2.05) is 0 Å². The maximum absolute atomic E-state index is 5.56. The first kappa shape index (κ1) is 10.9. The predicted molar refractivity (Wildman–Crippen MR) is 46.7 cm³/mol. The smallest absolute Gasteiger partial charge is 0.0598 e. The number of methoxy groups -OCH3 is 1. The van der Waals surface area contributed by atoms with E-state index >= 15 is 0 Å². The van der Waals surface area contributed by atoms with Crippen LogP contribution in [0.15, 0.2) is 0 Å². The SMILES string of the molecule is COC[C@@H](C)COC(C)(C)C. The summed E-state index contributed by atoms with van der Waals surface area (Å²) in [5.74, 6) is 0.485. The van der Waals surface area contributed by atoms with Gasteiger partial charge in [0.15, 0.2) is 0 Å². The van der Waals surface area contributed by atoms with Crippen LogP contribution in [0, 0.1) is 5.92 Å². The van der Waals surface area contributed by atoms with Gasteiger partial charge in [0.2, 0.25) is 0 Å². The van der Waals surface area contributed by atoms with Crippen molar-refractivity contribution in [3.05, 3.63) is 0 Å². The van der Waals surface area contributed by atoms with Crippen LogP contribution in [0.2, 0.25) is 0 Å². The van der Waals surface area contributed by atoms with E-state index in [9.17, 15) is 0 Å². The molecule has 0 spiro atoms. The summed E-state index contributed by atoms with van der Waals surface area (Å²) < 4.78 is 10.6. The predicted octanol–water partition coefficient (Wildman–Crippen LogP) is 2.08. The molecule has 0 aliphatic rings. The van der Waals surface area contributed by atoms with Gasteiger partial charge in [-0.15, -0.1) is 0 Å². The number of hydrogen-bond donors (Lipinski definition) is 0. The number of hydrogen-bond acceptors (Lipinski definition) is 2. The van der Waals surface area contributed by atoms with Gasteiger partial charge in [-0.1, -0.05) is 6.92 Å². The second kappa shape index (κ2) is 4.73. The minimum atomic E-state index is -0.0258. The van der Waals surface area contributed by atoms with Crippen LogP contribution < -0.4 is 0 Å². The fourth-order valence-corrected chi connectivity index (χ4v) is 0.725. The zero-order valence-electron chi connectivity index (χ0n) is 8.31. The maximum Gasteiger partial charge on any atom is 0.0598 e. The largest absolute Gasteiger partial charge is 0.384 e. The molecular formula is C9H20O2. The minimum absolute atomic E-state index is 0.0258. The van der Waals surface area contributed by atoms with Gasteiger partial charge >= 0.3 is 0 Å². The molecule has 2 nitrogen and oxygen atoms in total.